The first kappa shape index (κ1) is 14.5. The maximum Gasteiger partial charge on any atom is 0.233 e. The van der Waals surface area contributed by atoms with E-state index < -0.39 is 0 Å². The fourth-order valence-electron chi connectivity index (χ4n) is 4.10. The van der Waals surface area contributed by atoms with Gasteiger partial charge in [0.15, 0.2) is 17.3 Å². The number of methoxy groups -OCH3 is 1. The molecule has 1 aromatic carbocycles. The number of rotatable bonds is 1. The molecule has 0 bridgehead atoms. The van der Waals surface area contributed by atoms with Gasteiger partial charge in [0.25, 0.3) is 0 Å². The Morgan fingerprint density at radius 1 is 1.12 bits per heavy atom. The molecule has 1 unspecified atom stereocenters. The summed E-state index contributed by atoms with van der Waals surface area (Å²) in [4.78, 5) is 13.8. The number of ether oxygens (including phenoxy) is 3. The maximum absolute atomic E-state index is 12.6. The number of carbonyl (C=O) groups is 1. The van der Waals surface area contributed by atoms with Crippen molar-refractivity contribution in [3.8, 4) is 11.5 Å². The van der Waals surface area contributed by atoms with Crippen molar-refractivity contribution in [2.24, 2.45) is 0 Å². The summed E-state index contributed by atoms with van der Waals surface area (Å²) in [5, 5.41) is 0. The summed E-state index contributed by atoms with van der Waals surface area (Å²) < 4.78 is 16.3. The minimum absolute atomic E-state index is 0.0395. The van der Waals surface area contributed by atoms with Gasteiger partial charge in [0.1, 0.15) is 11.9 Å². The highest BCUT2D eigenvalue weighted by atomic mass is 16.7. The predicted molar refractivity (Wildman–Crippen MR) is 91.0 cm³/mol. The number of allylic oxidation sites excluding steroid dienone is 5. The van der Waals surface area contributed by atoms with Crippen molar-refractivity contribution in [1.82, 2.24) is 0 Å². The van der Waals surface area contributed by atoms with E-state index in [0.717, 1.165) is 41.2 Å². The van der Waals surface area contributed by atoms with Crippen molar-refractivity contribution < 1.29 is 23.9 Å². The van der Waals surface area contributed by atoms with Crippen LogP contribution in [0.5, 0.6) is 11.5 Å². The summed E-state index contributed by atoms with van der Waals surface area (Å²) >= 11 is 0. The molecule has 0 fully saturated rings. The van der Waals surface area contributed by atoms with Crippen molar-refractivity contribution >= 4 is 11.5 Å². The molecule has 3 aliphatic heterocycles. The third kappa shape index (κ3) is 1.96. The highest BCUT2D eigenvalue weighted by Crippen LogP contribution is 2.40. The summed E-state index contributed by atoms with van der Waals surface area (Å²) in [5.74, 6) is 1.98. The zero-order chi connectivity index (χ0) is 17.1. The Morgan fingerprint density at radius 3 is 2.72 bits per heavy atom. The van der Waals surface area contributed by atoms with E-state index in [1.165, 1.54) is 28.8 Å². The van der Waals surface area contributed by atoms with Gasteiger partial charge in [0.05, 0.1) is 19.2 Å². The van der Waals surface area contributed by atoms with Crippen LogP contribution in [0.4, 0.5) is 0 Å². The molecular formula is C20H18NO4+. The van der Waals surface area contributed by atoms with Gasteiger partial charge < -0.3 is 14.2 Å². The van der Waals surface area contributed by atoms with Gasteiger partial charge >= 0.3 is 0 Å². The number of quaternary nitrogens is 1. The third-order valence-corrected chi connectivity index (χ3v) is 5.33. The predicted octanol–water partition coefficient (Wildman–Crippen LogP) is 1.52. The number of hydrogen-bond donors (Lipinski definition) is 1. The fourth-order valence-corrected chi connectivity index (χ4v) is 4.10. The highest BCUT2D eigenvalue weighted by Gasteiger charge is 2.38. The lowest BCUT2D eigenvalue weighted by molar-refractivity contribution is -0.770. The van der Waals surface area contributed by atoms with E-state index in [9.17, 15) is 4.79 Å². The Balaban J connectivity index is 1.69. The monoisotopic (exact) mass is 336 g/mol. The molecule has 5 nitrogen and oxygen atoms in total. The number of hydrogen-bond acceptors (Lipinski definition) is 4. The van der Waals surface area contributed by atoms with Crippen LogP contribution in [0.3, 0.4) is 0 Å². The molecule has 0 spiro atoms. The van der Waals surface area contributed by atoms with Gasteiger partial charge in [-0.25, -0.2) is 0 Å². The van der Waals surface area contributed by atoms with Gasteiger partial charge in [-0.15, -0.1) is 0 Å². The molecule has 4 aliphatic rings. The van der Waals surface area contributed by atoms with Crippen molar-refractivity contribution in [2.75, 3.05) is 20.4 Å². The van der Waals surface area contributed by atoms with Gasteiger partial charge in [0.2, 0.25) is 12.6 Å². The van der Waals surface area contributed by atoms with E-state index in [0.29, 0.717) is 5.76 Å². The highest BCUT2D eigenvalue weighted by molar-refractivity contribution is 6.12. The van der Waals surface area contributed by atoms with Crippen molar-refractivity contribution in [3.63, 3.8) is 0 Å². The lowest BCUT2D eigenvalue weighted by Gasteiger charge is -2.32. The van der Waals surface area contributed by atoms with Crippen LogP contribution in [-0.4, -0.2) is 26.2 Å². The molecule has 0 amide bonds. The van der Waals surface area contributed by atoms with E-state index in [-0.39, 0.29) is 12.6 Å². The average Bonchev–Trinajstić information content (AvgIpc) is 3.08. The quantitative estimate of drug-likeness (QED) is 0.845. The van der Waals surface area contributed by atoms with Crippen LogP contribution < -0.4 is 14.4 Å². The fraction of sp³-hybridized carbons (Fsp3) is 0.250. The van der Waals surface area contributed by atoms with Crippen molar-refractivity contribution in [1.29, 1.82) is 0 Å². The molecule has 3 heterocycles. The topological polar surface area (TPSA) is 49.2 Å². The average molecular weight is 336 g/mol. The summed E-state index contributed by atoms with van der Waals surface area (Å²) in [5.41, 5.74) is 6.53. The Hall–Kier alpha value is -2.79. The molecule has 0 aromatic heterocycles. The van der Waals surface area contributed by atoms with Crippen molar-refractivity contribution in [3.05, 3.63) is 64.1 Å². The van der Waals surface area contributed by atoms with Gasteiger partial charge in [-0.1, -0.05) is 0 Å². The van der Waals surface area contributed by atoms with Gasteiger partial charge in [0, 0.05) is 23.1 Å². The Labute approximate surface area is 145 Å². The zero-order valence-electron chi connectivity index (χ0n) is 14.1. The second-order valence-electron chi connectivity index (χ2n) is 6.59. The lowest BCUT2D eigenvalue weighted by atomic mass is 9.83. The SMILES string of the molecule is COC1=CC=C2C(=C[NH+]3CCc4cc5c(cc4C3=C2C)OCO5)C1=O. The molecule has 0 saturated heterocycles. The molecule has 1 aliphatic carbocycles. The largest absolute Gasteiger partial charge is 0.493 e. The van der Waals surface area contributed by atoms with Crippen LogP contribution in [0.1, 0.15) is 18.1 Å². The van der Waals surface area contributed by atoms with Gasteiger partial charge in [-0.2, -0.15) is 0 Å². The summed E-state index contributed by atoms with van der Waals surface area (Å²) in [6, 6.07) is 4.17. The summed E-state index contributed by atoms with van der Waals surface area (Å²) in [6.07, 6.45) is 6.71. The van der Waals surface area contributed by atoms with E-state index in [1.54, 1.807) is 6.08 Å². The van der Waals surface area contributed by atoms with Crippen LogP contribution >= 0.6 is 0 Å². The number of nitrogens with one attached hydrogen (secondary N) is 1. The molecule has 25 heavy (non-hydrogen) atoms. The van der Waals surface area contributed by atoms with E-state index in [1.807, 2.05) is 12.3 Å². The number of benzene rings is 1. The van der Waals surface area contributed by atoms with E-state index in [2.05, 4.69) is 19.1 Å². The minimum atomic E-state index is -0.0395. The van der Waals surface area contributed by atoms with Gasteiger partial charge in [-0.3, -0.25) is 9.69 Å². The molecule has 126 valence electrons. The first-order valence-corrected chi connectivity index (χ1v) is 8.40. The first-order chi connectivity index (χ1) is 12.2. The van der Waals surface area contributed by atoms with Crippen molar-refractivity contribution in [2.45, 2.75) is 13.3 Å². The lowest BCUT2D eigenvalue weighted by Crippen LogP contribution is -3.06. The Morgan fingerprint density at radius 2 is 1.92 bits per heavy atom. The van der Waals surface area contributed by atoms with Crippen LogP contribution in [0.2, 0.25) is 0 Å². The molecule has 1 aromatic rings. The van der Waals surface area contributed by atoms with Gasteiger partial charge in [-0.05, 0) is 36.8 Å². The second-order valence-corrected chi connectivity index (χ2v) is 6.59. The normalized spacial score (nSPS) is 23.2. The first-order valence-electron chi connectivity index (χ1n) is 8.40. The minimum Gasteiger partial charge on any atom is -0.493 e. The Bertz CT molecular complexity index is 949. The number of Topliss-reactive ketones (excluding diaryl/α,β-unsaturated/α-hetero) is 1. The summed E-state index contributed by atoms with van der Waals surface area (Å²) in [7, 11) is 1.53. The molecular weight excluding hydrogens is 318 g/mol. The number of ketones is 1. The molecule has 5 heteroatoms. The van der Waals surface area contributed by atoms with Crippen LogP contribution in [0, 0.1) is 0 Å². The van der Waals surface area contributed by atoms with Crippen LogP contribution in [-0.2, 0) is 16.0 Å². The second kappa shape index (κ2) is 5.10. The standard InChI is InChI=1S/C20H17NO4/c1-11-13-3-4-16(23-2)20(22)15(13)9-21-6-5-12-7-17-18(25-10-24-17)8-14(12)19(11)21/h3-4,7-9H,5-6,10H2,1-2H3/p+1. The third-order valence-electron chi connectivity index (χ3n) is 5.33. The number of carbonyl (C=O) groups excluding carboxylic acids is 1. The van der Waals surface area contributed by atoms with Crippen LogP contribution in [0.25, 0.3) is 5.70 Å². The summed E-state index contributed by atoms with van der Waals surface area (Å²) in [6.45, 7) is 3.28. The zero-order valence-corrected chi connectivity index (χ0v) is 14.1. The maximum atomic E-state index is 12.6. The molecule has 5 rings (SSSR count). The molecule has 1 N–H and O–H groups in total. The Kier molecular flexibility index (Phi) is 2.97. The molecule has 0 radical (unpaired) electrons. The van der Waals surface area contributed by atoms with E-state index >= 15 is 0 Å². The smallest absolute Gasteiger partial charge is 0.233 e. The number of fused-ring (bicyclic) bond motifs is 5. The molecule has 1 atom stereocenters. The molecule has 0 saturated carbocycles. The van der Waals surface area contributed by atoms with E-state index in [4.69, 9.17) is 14.2 Å². The van der Waals surface area contributed by atoms with Crippen LogP contribution in [0.15, 0.2) is 53.0 Å².